The van der Waals surface area contributed by atoms with E-state index in [0.717, 1.165) is 20.8 Å². The van der Waals surface area contributed by atoms with Crippen LogP contribution in [-0.4, -0.2) is 71.9 Å². The van der Waals surface area contributed by atoms with Crippen LogP contribution in [0.4, 0.5) is 10.1 Å². The third-order valence-electron chi connectivity index (χ3n) is 11.6. The topological polar surface area (TPSA) is 148 Å². The first-order chi connectivity index (χ1) is 27.2. The van der Waals surface area contributed by atoms with Crippen LogP contribution in [0.25, 0.3) is 6.08 Å². The molecule has 4 aromatic rings. The van der Waals surface area contributed by atoms with Gasteiger partial charge in [0.2, 0.25) is 11.8 Å². The minimum absolute atomic E-state index is 0.0380. The van der Waals surface area contributed by atoms with Gasteiger partial charge in [-0.15, -0.1) is 0 Å². The molecule has 1 aliphatic heterocycles. The second kappa shape index (κ2) is 17.4. The molecule has 0 aromatic heterocycles. The van der Waals surface area contributed by atoms with Gasteiger partial charge in [-0.25, -0.2) is 4.39 Å². The lowest BCUT2D eigenvalue weighted by molar-refractivity contribution is -0.123. The molecule has 2 aliphatic rings. The van der Waals surface area contributed by atoms with Gasteiger partial charge in [0.15, 0.2) is 11.6 Å². The van der Waals surface area contributed by atoms with Crippen LogP contribution in [0.2, 0.25) is 5.04 Å². The van der Waals surface area contributed by atoms with Crippen molar-refractivity contribution in [2.75, 3.05) is 18.1 Å². The van der Waals surface area contributed by atoms with E-state index in [9.17, 15) is 39.3 Å². The van der Waals surface area contributed by atoms with Gasteiger partial charge in [-0.3, -0.25) is 14.5 Å². The number of nitrogens with zero attached hydrogens (tertiary/aromatic N) is 1. The highest BCUT2D eigenvalue weighted by Crippen LogP contribution is 2.48. The maximum atomic E-state index is 14.3. The number of carbonyl (C=O) groups is 2. The number of aliphatic hydroxyl groups excluding tert-OH is 2. The predicted molar refractivity (Wildman–Crippen MR) is 223 cm³/mol. The highest BCUT2D eigenvalue weighted by atomic mass is 28.4. The number of phenolic OH excluding ortho intramolecular Hbond substituents is 1. The van der Waals surface area contributed by atoms with Crippen molar-refractivity contribution in [1.82, 2.24) is 0 Å². The maximum Gasteiger partial charge on any atom is 0.488 e. The average molecular weight is 792 g/mol. The van der Waals surface area contributed by atoms with E-state index in [1.165, 1.54) is 30.3 Å². The summed E-state index contributed by atoms with van der Waals surface area (Å²) in [4.78, 5) is 29.7. The van der Waals surface area contributed by atoms with E-state index >= 15 is 0 Å². The maximum absolute atomic E-state index is 14.3. The summed E-state index contributed by atoms with van der Waals surface area (Å²) in [6.07, 6.45) is 2.04. The van der Waals surface area contributed by atoms with Crippen molar-refractivity contribution in [2.24, 2.45) is 17.8 Å². The predicted octanol–water partition coefficient (Wildman–Crippen LogP) is 4.84. The summed E-state index contributed by atoms with van der Waals surface area (Å²) in [7, 11) is -4.93. The van der Waals surface area contributed by atoms with Gasteiger partial charge in [-0.2, -0.15) is 0 Å². The van der Waals surface area contributed by atoms with Gasteiger partial charge in [-0.05, 0) is 87.5 Å². The molecular formula is C45H51BFNO8Si. The number of phenols is 1. The van der Waals surface area contributed by atoms with Crippen molar-refractivity contribution in [3.63, 3.8) is 0 Å². The highest BCUT2D eigenvalue weighted by molar-refractivity contribution is 6.99. The smallest absolute Gasteiger partial charge is 0.488 e. The summed E-state index contributed by atoms with van der Waals surface area (Å²) >= 11 is 0. The molecule has 4 atom stereocenters. The number of anilines is 1. The number of rotatable bonds is 14. The lowest BCUT2D eigenvalue weighted by Crippen LogP contribution is -2.66. The first-order valence-electron chi connectivity index (χ1n) is 19.5. The number of hydrogen-bond donors (Lipinski definition) is 5. The Morgan fingerprint density at radius 3 is 2.16 bits per heavy atom. The Kier molecular flexibility index (Phi) is 12.8. The van der Waals surface area contributed by atoms with Gasteiger partial charge >= 0.3 is 7.12 Å². The van der Waals surface area contributed by atoms with Crippen LogP contribution in [0, 0.1) is 23.6 Å². The summed E-state index contributed by atoms with van der Waals surface area (Å²) in [5, 5.41) is 54.5. The zero-order valence-corrected chi connectivity index (χ0v) is 33.8. The molecule has 12 heteroatoms. The van der Waals surface area contributed by atoms with Crippen molar-refractivity contribution in [3.05, 3.63) is 131 Å². The molecule has 298 valence electrons. The van der Waals surface area contributed by atoms with Gasteiger partial charge < -0.3 is 29.8 Å². The van der Waals surface area contributed by atoms with Crippen molar-refractivity contribution in [1.29, 1.82) is 0 Å². The molecule has 4 aromatic carbocycles. The average Bonchev–Trinajstić information content (AvgIpc) is 3.45. The first-order valence-corrected chi connectivity index (χ1v) is 21.4. The Hall–Kier alpha value is -4.69. The monoisotopic (exact) mass is 791 g/mol. The molecule has 6 rings (SSSR count). The lowest BCUT2D eigenvalue weighted by atomic mass is 9.68. The minimum atomic E-state index is -3.12. The van der Waals surface area contributed by atoms with Crippen molar-refractivity contribution in [3.8, 4) is 5.75 Å². The lowest BCUT2D eigenvalue weighted by Gasteiger charge is -2.44. The van der Waals surface area contributed by atoms with E-state index in [1.807, 2.05) is 49.4 Å². The molecule has 0 saturated carbocycles. The SMILES string of the molecule is CC/C(=C\c1ccc(O)c(F)c1)CC[C@@H](O)C1=C(CO[Si](c2ccccc2)(c2ccccc2)C(C)(C)C)C[C@H]2C(=O)N(c3cccc(B(O)O)c3)C(=O)[C@H]2[C@H]1CO. The van der Waals surface area contributed by atoms with E-state index in [-0.39, 0.29) is 35.6 Å². The number of hydrogen-bond acceptors (Lipinski definition) is 8. The molecular weight excluding hydrogens is 740 g/mol. The van der Waals surface area contributed by atoms with Gasteiger partial charge in [0, 0.05) is 5.92 Å². The fraction of sp³-hybridized carbons (Fsp3) is 0.333. The van der Waals surface area contributed by atoms with E-state index < -0.39 is 69.3 Å². The van der Waals surface area contributed by atoms with Gasteiger partial charge in [0.05, 0.1) is 36.8 Å². The van der Waals surface area contributed by atoms with Gasteiger partial charge in [-0.1, -0.05) is 118 Å². The molecule has 9 nitrogen and oxygen atoms in total. The van der Waals surface area contributed by atoms with E-state index in [4.69, 9.17) is 4.43 Å². The largest absolute Gasteiger partial charge is 0.505 e. The second-order valence-electron chi connectivity index (χ2n) is 16.0. The fourth-order valence-corrected chi connectivity index (χ4v) is 13.4. The molecule has 57 heavy (non-hydrogen) atoms. The molecule has 0 spiro atoms. The fourth-order valence-electron chi connectivity index (χ4n) is 8.81. The number of aliphatic hydroxyl groups is 2. The van der Waals surface area contributed by atoms with Crippen LogP contribution in [-0.2, 0) is 14.0 Å². The molecule has 1 aliphatic carbocycles. The van der Waals surface area contributed by atoms with Crippen LogP contribution in [0.1, 0.15) is 58.9 Å². The number of benzene rings is 4. The number of allylic oxidation sites excluding steroid dienone is 1. The minimum Gasteiger partial charge on any atom is -0.505 e. The Bertz CT molecular complexity index is 2100. The van der Waals surface area contributed by atoms with E-state index in [2.05, 4.69) is 45.0 Å². The molecule has 5 N–H and O–H groups in total. The number of amides is 2. The van der Waals surface area contributed by atoms with Crippen molar-refractivity contribution in [2.45, 2.75) is 64.5 Å². The molecule has 0 unspecified atom stereocenters. The molecule has 0 bridgehead atoms. The number of carbonyl (C=O) groups excluding carboxylic acids is 2. The number of imide groups is 1. The number of aromatic hydroxyl groups is 1. The van der Waals surface area contributed by atoms with Crippen LogP contribution in [0.5, 0.6) is 5.75 Å². The zero-order valence-electron chi connectivity index (χ0n) is 32.8. The highest BCUT2D eigenvalue weighted by Gasteiger charge is 2.56. The third kappa shape index (κ3) is 8.34. The van der Waals surface area contributed by atoms with Gasteiger partial charge in [0.1, 0.15) is 0 Å². The van der Waals surface area contributed by atoms with Crippen LogP contribution in [0.15, 0.2) is 120 Å². The van der Waals surface area contributed by atoms with Crippen LogP contribution in [0.3, 0.4) is 0 Å². The zero-order chi connectivity index (χ0) is 41.1. The third-order valence-corrected chi connectivity index (χ3v) is 16.6. The van der Waals surface area contributed by atoms with Crippen molar-refractivity contribution >= 4 is 54.8 Å². The Labute approximate surface area is 335 Å². The molecule has 1 heterocycles. The number of halogens is 1. The first kappa shape index (κ1) is 41.9. The van der Waals surface area contributed by atoms with Crippen molar-refractivity contribution < 1.29 is 43.8 Å². The summed E-state index contributed by atoms with van der Waals surface area (Å²) in [5.74, 6) is -4.93. The molecule has 0 radical (unpaired) electrons. The van der Waals surface area contributed by atoms with Crippen LogP contribution < -0.4 is 20.7 Å². The van der Waals surface area contributed by atoms with E-state index in [0.29, 0.717) is 29.6 Å². The Balaban J connectivity index is 1.43. The second-order valence-corrected chi connectivity index (χ2v) is 20.3. The summed E-state index contributed by atoms with van der Waals surface area (Å²) in [6, 6.07) is 30.3. The molecule has 1 saturated heterocycles. The Morgan fingerprint density at radius 1 is 0.947 bits per heavy atom. The van der Waals surface area contributed by atoms with E-state index in [1.54, 1.807) is 12.1 Å². The summed E-state index contributed by atoms with van der Waals surface area (Å²) in [6.45, 7) is 7.96. The summed E-state index contributed by atoms with van der Waals surface area (Å²) in [5.41, 5.74) is 2.92. The molecule has 1 fully saturated rings. The standard InChI is InChI=1S/C45H51BFNO8Si/c1-5-29(23-30-20-21-39(50)38(47)24-30)19-22-40(51)41-31(28-56-57(45(2,3)4,34-15-8-6-9-16-34)35-17-10-7-11-18-35)25-36-42(37(41)27-49)44(53)48(43(36)52)33-14-12-13-32(26-33)46(54)55/h6-18,20-21,23-24,26,36-37,40,42,49-51,54-55H,5,19,22,25,27-28H2,1-4H3/b29-23+/t36-,37+,40-,42-/m1/s1. The van der Waals surface area contributed by atoms with Gasteiger partial charge in [0.25, 0.3) is 8.32 Å². The Morgan fingerprint density at radius 2 is 1.60 bits per heavy atom. The normalized spacial score (nSPS) is 19.6. The molecule has 2 amide bonds. The van der Waals surface area contributed by atoms with Crippen LogP contribution >= 0.6 is 0 Å². The summed E-state index contributed by atoms with van der Waals surface area (Å²) < 4.78 is 21.5. The number of fused-ring (bicyclic) bond motifs is 1. The quantitative estimate of drug-likeness (QED) is 0.0694.